The maximum Gasteiger partial charge on any atom is 0.160 e. The van der Waals surface area contributed by atoms with E-state index in [4.69, 9.17) is 9.47 Å². The quantitative estimate of drug-likeness (QED) is 0.824. The highest BCUT2D eigenvalue weighted by Gasteiger charge is 2.34. The van der Waals surface area contributed by atoms with Crippen molar-refractivity contribution in [1.82, 2.24) is 0 Å². The Morgan fingerprint density at radius 2 is 1.88 bits per heavy atom. The van der Waals surface area contributed by atoms with Gasteiger partial charge in [-0.3, -0.25) is 0 Å². The molecular weight excluding hydrogens is 304 g/mol. The van der Waals surface area contributed by atoms with Crippen LogP contribution in [0.5, 0.6) is 17.2 Å². The summed E-state index contributed by atoms with van der Waals surface area (Å²) in [5, 5.41) is 19.4. The average molecular weight is 324 g/mol. The van der Waals surface area contributed by atoms with Crippen LogP contribution in [0.2, 0.25) is 0 Å². The number of benzene rings is 2. The predicted molar refractivity (Wildman–Crippen MR) is 90.6 cm³/mol. The number of fused-ring (bicyclic) bond motifs is 3. The van der Waals surface area contributed by atoms with Gasteiger partial charge < -0.3 is 19.7 Å². The normalized spacial score (nSPS) is 25.0. The highest BCUT2D eigenvalue weighted by molar-refractivity contribution is 5.50. The lowest BCUT2D eigenvalue weighted by atomic mass is 9.78. The summed E-state index contributed by atoms with van der Waals surface area (Å²) in [6.45, 7) is 0. The zero-order valence-electron chi connectivity index (χ0n) is 13.5. The largest absolute Gasteiger partial charge is 0.508 e. The number of methoxy groups -OCH3 is 1. The first-order valence-electron chi connectivity index (χ1n) is 8.18. The van der Waals surface area contributed by atoms with E-state index in [9.17, 15) is 10.2 Å². The molecule has 0 fully saturated rings. The topological polar surface area (TPSA) is 58.9 Å². The monoisotopic (exact) mass is 324 g/mol. The third-order valence-corrected chi connectivity index (χ3v) is 4.93. The molecule has 2 N–H and O–H groups in total. The molecule has 124 valence electrons. The number of ether oxygens (including phenoxy) is 2. The lowest BCUT2D eigenvalue weighted by molar-refractivity contribution is -0.0139. The van der Waals surface area contributed by atoms with Crippen molar-refractivity contribution in [1.29, 1.82) is 0 Å². The number of hydrogen-bond donors (Lipinski definition) is 2. The molecule has 4 rings (SSSR count). The summed E-state index contributed by atoms with van der Waals surface area (Å²) in [7, 11) is 1.57. The summed E-state index contributed by atoms with van der Waals surface area (Å²) in [6, 6.07) is 10.9. The molecule has 0 saturated carbocycles. The van der Waals surface area contributed by atoms with E-state index in [0.29, 0.717) is 5.75 Å². The van der Waals surface area contributed by atoms with Gasteiger partial charge >= 0.3 is 0 Å². The Morgan fingerprint density at radius 1 is 1.08 bits per heavy atom. The summed E-state index contributed by atoms with van der Waals surface area (Å²) in [5.41, 5.74) is 3.36. The second kappa shape index (κ2) is 5.87. The van der Waals surface area contributed by atoms with E-state index in [1.54, 1.807) is 19.2 Å². The maximum absolute atomic E-state index is 9.98. The third kappa shape index (κ3) is 2.53. The van der Waals surface area contributed by atoms with Crippen molar-refractivity contribution in [3.63, 3.8) is 0 Å². The number of phenols is 2. The molecule has 0 bridgehead atoms. The molecule has 1 aliphatic carbocycles. The summed E-state index contributed by atoms with van der Waals surface area (Å²) in [6.07, 6.45) is 6.08. The highest BCUT2D eigenvalue weighted by atomic mass is 16.5. The first-order chi connectivity index (χ1) is 11.7. The molecule has 4 nitrogen and oxygen atoms in total. The van der Waals surface area contributed by atoms with E-state index in [0.717, 1.165) is 24.0 Å². The Kier molecular flexibility index (Phi) is 3.69. The second-order valence-corrected chi connectivity index (χ2v) is 6.36. The van der Waals surface area contributed by atoms with Gasteiger partial charge in [-0.1, -0.05) is 24.3 Å². The fraction of sp³-hybridized carbons (Fsp3) is 0.300. The van der Waals surface area contributed by atoms with E-state index < -0.39 is 0 Å². The molecule has 0 unspecified atom stereocenters. The number of rotatable bonds is 2. The molecule has 3 atom stereocenters. The molecule has 0 saturated heterocycles. The first kappa shape index (κ1) is 15.1. The van der Waals surface area contributed by atoms with E-state index in [-0.39, 0.29) is 29.6 Å². The van der Waals surface area contributed by atoms with Crippen LogP contribution in [-0.4, -0.2) is 23.4 Å². The van der Waals surface area contributed by atoms with Crippen molar-refractivity contribution in [3.05, 3.63) is 65.2 Å². The number of phenolic OH excluding ortho intramolecular Hbond substituents is 2. The van der Waals surface area contributed by atoms with Crippen LogP contribution in [0.1, 0.15) is 35.1 Å². The molecule has 1 heterocycles. The van der Waals surface area contributed by atoms with Gasteiger partial charge in [0, 0.05) is 5.92 Å². The number of aryl methyl sites for hydroxylation is 1. The molecule has 2 aromatic rings. The molecule has 2 aliphatic rings. The summed E-state index contributed by atoms with van der Waals surface area (Å²) in [5.74, 6) is 1.13. The van der Waals surface area contributed by atoms with Crippen LogP contribution in [0.4, 0.5) is 0 Å². The fourth-order valence-corrected chi connectivity index (χ4v) is 3.68. The lowest BCUT2D eigenvalue weighted by Crippen LogP contribution is -2.31. The van der Waals surface area contributed by atoms with Crippen molar-refractivity contribution in [2.45, 2.75) is 31.0 Å². The van der Waals surface area contributed by atoms with Gasteiger partial charge in [0.15, 0.2) is 11.5 Å². The molecule has 4 heteroatoms. The summed E-state index contributed by atoms with van der Waals surface area (Å²) < 4.78 is 11.6. The standard InChI is InChI=1S/C20H20O4/c1-23-20-11-16-13(10-17(20)22)4-8-19-15(16)7-9-18(24-19)12-2-5-14(21)6-3-12/h2-3,5-7,9-11,15,18-19,21-22H,4,8H2,1H3/t15-,18+,19-/m0/s1. The Bertz CT molecular complexity index is 779. The minimum Gasteiger partial charge on any atom is -0.508 e. The van der Waals surface area contributed by atoms with Gasteiger partial charge in [-0.25, -0.2) is 0 Å². The van der Waals surface area contributed by atoms with Gasteiger partial charge in [0.1, 0.15) is 11.9 Å². The lowest BCUT2D eigenvalue weighted by Gasteiger charge is -2.37. The predicted octanol–water partition coefficient (Wildman–Crippen LogP) is 3.83. The van der Waals surface area contributed by atoms with Gasteiger partial charge in [0.25, 0.3) is 0 Å². The Labute approximate surface area is 141 Å². The summed E-state index contributed by atoms with van der Waals surface area (Å²) >= 11 is 0. The van der Waals surface area contributed by atoms with E-state index in [1.807, 2.05) is 24.3 Å². The van der Waals surface area contributed by atoms with E-state index >= 15 is 0 Å². The van der Waals surface area contributed by atoms with Crippen molar-refractivity contribution >= 4 is 0 Å². The van der Waals surface area contributed by atoms with Gasteiger partial charge in [-0.2, -0.15) is 0 Å². The fourth-order valence-electron chi connectivity index (χ4n) is 3.68. The summed E-state index contributed by atoms with van der Waals surface area (Å²) in [4.78, 5) is 0. The SMILES string of the molecule is COc1cc2c(cc1O)CC[C@@H]1O[C@@H](c3ccc(O)cc3)C=C[C@@H]21. The zero-order valence-corrected chi connectivity index (χ0v) is 13.5. The van der Waals surface area contributed by atoms with Crippen LogP contribution in [0.3, 0.4) is 0 Å². The van der Waals surface area contributed by atoms with Gasteiger partial charge in [0.2, 0.25) is 0 Å². The Hall–Kier alpha value is -2.46. The highest BCUT2D eigenvalue weighted by Crippen LogP contribution is 2.44. The van der Waals surface area contributed by atoms with Crippen molar-refractivity contribution in [3.8, 4) is 17.2 Å². The van der Waals surface area contributed by atoms with Crippen LogP contribution in [-0.2, 0) is 11.2 Å². The number of hydrogen-bond acceptors (Lipinski definition) is 4. The van der Waals surface area contributed by atoms with Crippen LogP contribution < -0.4 is 4.74 Å². The molecule has 0 radical (unpaired) electrons. The van der Waals surface area contributed by atoms with Gasteiger partial charge in [-0.05, 0) is 53.8 Å². The Morgan fingerprint density at radius 3 is 2.62 bits per heavy atom. The van der Waals surface area contributed by atoms with Crippen LogP contribution >= 0.6 is 0 Å². The van der Waals surface area contributed by atoms with Crippen molar-refractivity contribution < 1.29 is 19.7 Å². The van der Waals surface area contributed by atoms with Crippen LogP contribution in [0, 0.1) is 0 Å². The molecule has 2 aromatic carbocycles. The maximum atomic E-state index is 9.98. The van der Waals surface area contributed by atoms with Gasteiger partial charge in [0.05, 0.1) is 13.2 Å². The molecule has 1 aliphatic heterocycles. The van der Waals surface area contributed by atoms with E-state index in [1.165, 1.54) is 5.56 Å². The van der Waals surface area contributed by atoms with Gasteiger partial charge in [-0.15, -0.1) is 0 Å². The molecule has 0 aromatic heterocycles. The Balaban J connectivity index is 1.66. The van der Waals surface area contributed by atoms with Crippen LogP contribution in [0.25, 0.3) is 0 Å². The number of aromatic hydroxyl groups is 2. The second-order valence-electron chi connectivity index (χ2n) is 6.36. The molecular formula is C20H20O4. The average Bonchev–Trinajstić information content (AvgIpc) is 2.61. The van der Waals surface area contributed by atoms with Crippen molar-refractivity contribution in [2.24, 2.45) is 0 Å². The van der Waals surface area contributed by atoms with E-state index in [2.05, 4.69) is 12.2 Å². The smallest absolute Gasteiger partial charge is 0.160 e. The zero-order chi connectivity index (χ0) is 16.7. The molecule has 0 spiro atoms. The third-order valence-electron chi connectivity index (χ3n) is 4.93. The molecule has 0 amide bonds. The van der Waals surface area contributed by atoms with Crippen LogP contribution in [0.15, 0.2) is 48.6 Å². The minimum absolute atomic E-state index is 0.0904. The molecule has 24 heavy (non-hydrogen) atoms. The first-order valence-corrected chi connectivity index (χ1v) is 8.18. The van der Waals surface area contributed by atoms with Crippen molar-refractivity contribution in [2.75, 3.05) is 7.11 Å². The minimum atomic E-state index is -0.0904.